The van der Waals surface area contributed by atoms with Crippen molar-refractivity contribution < 1.29 is 19.1 Å². The highest BCUT2D eigenvalue weighted by Gasteiger charge is 2.37. The van der Waals surface area contributed by atoms with E-state index in [-0.39, 0.29) is 24.4 Å². The summed E-state index contributed by atoms with van der Waals surface area (Å²) < 4.78 is 6.06. The highest BCUT2D eigenvalue weighted by atomic mass is 16.6. The summed E-state index contributed by atoms with van der Waals surface area (Å²) in [6, 6.07) is 9.88. The number of aromatic nitrogens is 1. The molecule has 0 spiro atoms. The van der Waals surface area contributed by atoms with Crippen molar-refractivity contribution in [2.75, 3.05) is 58.2 Å². The van der Waals surface area contributed by atoms with E-state index in [1.165, 1.54) is 12.8 Å². The first-order valence-electron chi connectivity index (χ1n) is 17.3. The van der Waals surface area contributed by atoms with Gasteiger partial charge in [-0.25, -0.2) is 9.59 Å². The second kappa shape index (κ2) is 14.4. The largest absolute Gasteiger partial charge is 0.436 e. The summed E-state index contributed by atoms with van der Waals surface area (Å²) in [5, 5.41) is 3.06. The Morgan fingerprint density at radius 2 is 1.54 bits per heavy atom. The number of anilines is 1. The maximum absolute atomic E-state index is 14.0. The Balaban J connectivity index is 1.07. The van der Waals surface area contributed by atoms with E-state index in [0.717, 1.165) is 66.3 Å². The van der Waals surface area contributed by atoms with E-state index < -0.39 is 12.2 Å². The minimum atomic E-state index is -0.922. The number of piperidine rings is 3. The van der Waals surface area contributed by atoms with E-state index in [4.69, 9.17) is 4.74 Å². The van der Waals surface area contributed by atoms with Gasteiger partial charge in [0.15, 0.2) is 6.10 Å². The van der Waals surface area contributed by atoms with E-state index in [1.807, 2.05) is 54.1 Å². The number of ether oxygens (including phenoxy) is 1. The van der Waals surface area contributed by atoms with E-state index in [1.54, 1.807) is 4.90 Å². The number of para-hydroxylation sites is 1. The highest BCUT2D eigenvalue weighted by Crippen LogP contribution is 2.33. The molecule has 3 saturated heterocycles. The number of carbonyl (C=O) groups excluding carboxylic acids is 3. The molecule has 1 aromatic heterocycles. The first-order chi connectivity index (χ1) is 22.2. The predicted molar refractivity (Wildman–Crippen MR) is 178 cm³/mol. The van der Waals surface area contributed by atoms with Gasteiger partial charge in [0.2, 0.25) is 0 Å². The summed E-state index contributed by atoms with van der Waals surface area (Å²) in [6.45, 7) is 9.37. The summed E-state index contributed by atoms with van der Waals surface area (Å²) in [7, 11) is 2.19. The number of aryl methyl sites for hydroxylation is 2. The number of nitrogens with zero attached hydrogens (tertiary/aromatic N) is 5. The molecular weight excluding hydrogens is 580 g/mol. The van der Waals surface area contributed by atoms with Crippen molar-refractivity contribution in [1.29, 1.82) is 0 Å². The molecule has 0 radical (unpaired) electrons. The molecule has 5 heterocycles. The standard InChI is InChI=1S/C36H50N6O4/c1-25-22-30(37-24-26(25)2)23-33(34(43)40-17-10-28(11-18-40)27-8-15-39(3)16-9-27)46-36(45)41-19-13-31(14-20-41)42-21-12-29-6-4-5-7-32(29)38-35(42)44/h4-7,22,24,27-28,31,33H,8-21,23H2,1-3H3,(H,38,44)/t33-/m1/s1. The Morgan fingerprint density at radius 3 is 2.24 bits per heavy atom. The predicted octanol–water partition coefficient (Wildman–Crippen LogP) is 4.88. The number of rotatable bonds is 6. The fourth-order valence-corrected chi connectivity index (χ4v) is 7.75. The summed E-state index contributed by atoms with van der Waals surface area (Å²) >= 11 is 0. The molecule has 248 valence electrons. The molecule has 4 aliphatic rings. The Morgan fingerprint density at radius 1 is 0.891 bits per heavy atom. The van der Waals surface area contributed by atoms with Crippen molar-refractivity contribution in [1.82, 2.24) is 24.6 Å². The van der Waals surface area contributed by atoms with Crippen LogP contribution in [0.5, 0.6) is 0 Å². The van der Waals surface area contributed by atoms with Crippen molar-refractivity contribution in [2.45, 2.75) is 77.4 Å². The molecule has 0 bridgehead atoms. The molecule has 1 aromatic carbocycles. The molecule has 4 amide bonds. The van der Waals surface area contributed by atoms with Gasteiger partial charge < -0.3 is 29.7 Å². The van der Waals surface area contributed by atoms with Crippen molar-refractivity contribution in [2.24, 2.45) is 11.8 Å². The molecule has 4 aliphatic heterocycles. The lowest BCUT2D eigenvalue weighted by Crippen LogP contribution is -2.52. The number of fused-ring (bicyclic) bond motifs is 1. The number of pyridine rings is 1. The van der Waals surface area contributed by atoms with Gasteiger partial charge in [-0.2, -0.15) is 0 Å². The van der Waals surface area contributed by atoms with Gasteiger partial charge in [0.1, 0.15) is 0 Å². The molecular formula is C36H50N6O4. The molecule has 10 nitrogen and oxygen atoms in total. The minimum absolute atomic E-state index is 0.0429. The van der Waals surface area contributed by atoms with Crippen molar-refractivity contribution >= 4 is 23.7 Å². The quantitative estimate of drug-likeness (QED) is 0.489. The average Bonchev–Trinajstić information content (AvgIpc) is 3.24. The Labute approximate surface area is 273 Å². The van der Waals surface area contributed by atoms with Crippen LogP contribution < -0.4 is 5.32 Å². The number of hydrogen-bond donors (Lipinski definition) is 1. The Bertz CT molecular complexity index is 1390. The van der Waals surface area contributed by atoms with Crippen LogP contribution in [-0.4, -0.2) is 108 Å². The summed E-state index contributed by atoms with van der Waals surface area (Å²) in [5.41, 5.74) is 4.95. The van der Waals surface area contributed by atoms with Crippen LogP contribution in [0, 0.1) is 25.7 Å². The fourth-order valence-electron chi connectivity index (χ4n) is 7.75. The van der Waals surface area contributed by atoms with Crippen LogP contribution in [0.3, 0.4) is 0 Å². The van der Waals surface area contributed by atoms with Crippen molar-refractivity contribution in [3.05, 3.63) is 58.9 Å². The Hall–Kier alpha value is -3.66. The zero-order chi connectivity index (χ0) is 32.2. The van der Waals surface area contributed by atoms with E-state index in [2.05, 4.69) is 28.3 Å². The fraction of sp³-hybridized carbons (Fsp3) is 0.611. The van der Waals surface area contributed by atoms with E-state index in [0.29, 0.717) is 51.5 Å². The van der Waals surface area contributed by atoms with Gasteiger partial charge in [-0.3, -0.25) is 9.78 Å². The van der Waals surface area contributed by atoms with Gasteiger partial charge in [0.05, 0.1) is 0 Å². The minimum Gasteiger partial charge on any atom is -0.436 e. The SMILES string of the molecule is Cc1cnc(C[C@@H](OC(=O)N2CCC(N3CCc4ccccc4NC3=O)CC2)C(=O)N2CCC(C3CCN(C)CC3)CC2)cc1C. The number of nitrogens with one attached hydrogen (secondary N) is 1. The number of likely N-dealkylation sites (tertiary alicyclic amines) is 3. The lowest BCUT2D eigenvalue weighted by Gasteiger charge is -2.40. The molecule has 46 heavy (non-hydrogen) atoms. The zero-order valence-corrected chi connectivity index (χ0v) is 27.7. The molecule has 0 saturated carbocycles. The summed E-state index contributed by atoms with van der Waals surface area (Å²) in [4.78, 5) is 53.1. The third-order valence-corrected chi connectivity index (χ3v) is 10.9. The Kier molecular flexibility index (Phi) is 10.1. The van der Waals surface area contributed by atoms with Crippen LogP contribution >= 0.6 is 0 Å². The normalized spacial score (nSPS) is 21.4. The van der Waals surface area contributed by atoms with Gasteiger partial charge in [0, 0.05) is 62.8 Å². The molecule has 0 aliphatic carbocycles. The topological polar surface area (TPSA) is 98.3 Å². The number of benzene rings is 1. The molecule has 2 aromatic rings. The monoisotopic (exact) mass is 630 g/mol. The van der Waals surface area contributed by atoms with Gasteiger partial charge >= 0.3 is 12.1 Å². The number of carbonyl (C=O) groups is 3. The average molecular weight is 631 g/mol. The lowest BCUT2D eigenvalue weighted by atomic mass is 9.79. The second-order valence-electron chi connectivity index (χ2n) is 13.9. The van der Waals surface area contributed by atoms with Crippen LogP contribution in [-0.2, 0) is 22.4 Å². The summed E-state index contributed by atoms with van der Waals surface area (Å²) in [5.74, 6) is 1.27. The molecule has 3 fully saturated rings. The van der Waals surface area contributed by atoms with Gasteiger partial charge in [-0.1, -0.05) is 18.2 Å². The summed E-state index contributed by atoms with van der Waals surface area (Å²) in [6.07, 6.45) is 7.31. The smallest absolute Gasteiger partial charge is 0.410 e. The van der Waals surface area contributed by atoms with Crippen LogP contribution in [0.4, 0.5) is 15.3 Å². The third kappa shape index (κ3) is 7.48. The maximum atomic E-state index is 14.0. The molecule has 1 atom stereocenters. The van der Waals surface area contributed by atoms with Gasteiger partial charge in [-0.05, 0) is 120 Å². The maximum Gasteiger partial charge on any atom is 0.410 e. The molecule has 6 rings (SSSR count). The van der Waals surface area contributed by atoms with Crippen LogP contribution in [0.1, 0.15) is 60.9 Å². The van der Waals surface area contributed by atoms with Gasteiger partial charge in [-0.15, -0.1) is 0 Å². The lowest BCUT2D eigenvalue weighted by molar-refractivity contribution is -0.142. The number of hydrogen-bond acceptors (Lipinski definition) is 6. The van der Waals surface area contributed by atoms with Crippen molar-refractivity contribution in [3.8, 4) is 0 Å². The van der Waals surface area contributed by atoms with Crippen LogP contribution in [0.25, 0.3) is 0 Å². The molecule has 1 N–H and O–H groups in total. The van der Waals surface area contributed by atoms with E-state index >= 15 is 0 Å². The first-order valence-corrected chi connectivity index (χ1v) is 17.3. The van der Waals surface area contributed by atoms with E-state index in [9.17, 15) is 14.4 Å². The molecule has 0 unspecified atom stereocenters. The zero-order valence-electron chi connectivity index (χ0n) is 27.7. The second-order valence-corrected chi connectivity index (χ2v) is 13.9. The van der Waals surface area contributed by atoms with Crippen molar-refractivity contribution in [3.63, 3.8) is 0 Å². The van der Waals surface area contributed by atoms with Crippen LogP contribution in [0.2, 0.25) is 0 Å². The highest BCUT2D eigenvalue weighted by molar-refractivity contribution is 5.91. The van der Waals surface area contributed by atoms with Gasteiger partial charge in [0.25, 0.3) is 5.91 Å². The number of amides is 4. The third-order valence-electron chi connectivity index (χ3n) is 10.9. The van der Waals surface area contributed by atoms with Crippen LogP contribution in [0.15, 0.2) is 36.5 Å². The first kappa shape index (κ1) is 32.3. The number of urea groups is 1. The molecule has 10 heteroatoms.